The van der Waals surface area contributed by atoms with E-state index in [1.54, 1.807) is 0 Å². The first kappa shape index (κ1) is 21.5. The first-order chi connectivity index (χ1) is 13.8. The quantitative estimate of drug-likeness (QED) is 0.670. The molecular weight excluding hydrogens is 358 g/mol. The molecule has 0 amide bonds. The van der Waals surface area contributed by atoms with Crippen LogP contribution in [0.5, 0.6) is 0 Å². The molecule has 0 spiro atoms. The number of aliphatic hydroxyl groups is 1. The van der Waals surface area contributed by atoms with Crippen molar-refractivity contribution in [3.63, 3.8) is 0 Å². The van der Waals surface area contributed by atoms with E-state index in [1.165, 1.54) is 16.8 Å². The summed E-state index contributed by atoms with van der Waals surface area (Å²) in [6, 6.07) is 6.57. The van der Waals surface area contributed by atoms with Gasteiger partial charge in [0.2, 0.25) is 0 Å². The normalized spacial score (nSPS) is 17.5. The zero-order chi connectivity index (χ0) is 21.1. The van der Waals surface area contributed by atoms with E-state index in [0.29, 0.717) is 17.8 Å². The van der Waals surface area contributed by atoms with Gasteiger partial charge in [0, 0.05) is 30.6 Å². The molecule has 156 valence electrons. The zero-order valence-corrected chi connectivity index (χ0v) is 18.7. The number of nitrogens with zero attached hydrogens (tertiary/aromatic N) is 2. The molecule has 0 saturated carbocycles. The Morgan fingerprint density at radius 3 is 2.59 bits per heavy atom. The Kier molecular flexibility index (Phi) is 6.74. The van der Waals surface area contributed by atoms with E-state index in [4.69, 9.17) is 9.97 Å². The Labute approximate surface area is 175 Å². The fraction of sp³-hybridized carbons (Fsp3) is 0.520. The monoisotopic (exact) mass is 393 g/mol. The predicted octanol–water partition coefficient (Wildman–Crippen LogP) is 5.60. The summed E-state index contributed by atoms with van der Waals surface area (Å²) in [6.45, 7) is 11.2. The van der Waals surface area contributed by atoms with E-state index in [1.807, 2.05) is 7.05 Å². The van der Waals surface area contributed by atoms with Crippen LogP contribution in [0.15, 0.2) is 24.3 Å². The van der Waals surface area contributed by atoms with Crippen LogP contribution in [-0.4, -0.2) is 28.7 Å². The number of hydrogen-bond donors (Lipinski definition) is 2. The smallest absolute Gasteiger partial charge is 0.135 e. The lowest BCUT2D eigenvalue weighted by Gasteiger charge is -2.20. The van der Waals surface area contributed by atoms with Crippen LogP contribution in [0.25, 0.3) is 16.8 Å². The highest BCUT2D eigenvalue weighted by atomic mass is 16.3. The summed E-state index contributed by atoms with van der Waals surface area (Å²) in [5.41, 5.74) is 8.08. The lowest BCUT2D eigenvalue weighted by Crippen LogP contribution is -2.07. The molecule has 1 aliphatic carbocycles. The summed E-state index contributed by atoms with van der Waals surface area (Å²) in [5, 5.41) is 12.7. The van der Waals surface area contributed by atoms with Crippen LogP contribution in [0.3, 0.4) is 0 Å². The molecule has 0 radical (unpaired) electrons. The largest absolute Gasteiger partial charge is 0.396 e. The van der Waals surface area contributed by atoms with Crippen molar-refractivity contribution in [2.24, 2.45) is 11.8 Å². The molecule has 0 aliphatic heterocycles. The summed E-state index contributed by atoms with van der Waals surface area (Å²) in [7, 11) is 1.92. The number of rotatable bonds is 6. The minimum Gasteiger partial charge on any atom is -0.396 e. The van der Waals surface area contributed by atoms with Crippen LogP contribution in [0.2, 0.25) is 0 Å². The van der Waals surface area contributed by atoms with Gasteiger partial charge in [-0.3, -0.25) is 4.98 Å². The minimum absolute atomic E-state index is 0.214. The second-order valence-corrected chi connectivity index (χ2v) is 8.74. The molecule has 29 heavy (non-hydrogen) atoms. The van der Waals surface area contributed by atoms with Gasteiger partial charge in [-0.15, -0.1) is 0 Å². The van der Waals surface area contributed by atoms with Gasteiger partial charge in [0.05, 0.1) is 5.69 Å². The summed E-state index contributed by atoms with van der Waals surface area (Å²) >= 11 is 0. The molecule has 4 heteroatoms. The number of pyridine rings is 2. The van der Waals surface area contributed by atoms with Gasteiger partial charge < -0.3 is 10.4 Å². The number of anilines is 1. The number of aliphatic hydroxyl groups excluding tert-OH is 1. The highest BCUT2D eigenvalue weighted by molar-refractivity contribution is 5.78. The molecule has 2 aromatic heterocycles. The zero-order valence-electron chi connectivity index (χ0n) is 18.7. The number of hydrogen-bond acceptors (Lipinski definition) is 4. The van der Waals surface area contributed by atoms with Crippen molar-refractivity contribution in [1.29, 1.82) is 0 Å². The van der Waals surface area contributed by atoms with Crippen molar-refractivity contribution in [3.05, 3.63) is 46.8 Å². The second-order valence-electron chi connectivity index (χ2n) is 8.74. The number of aromatic nitrogens is 2. The number of allylic oxidation sites excluding steroid dienone is 2. The first-order valence-electron chi connectivity index (χ1n) is 10.9. The Balaban J connectivity index is 2.11. The molecule has 0 aromatic carbocycles. The Morgan fingerprint density at radius 1 is 1.17 bits per heavy atom. The van der Waals surface area contributed by atoms with Crippen LogP contribution >= 0.6 is 0 Å². The van der Waals surface area contributed by atoms with Gasteiger partial charge in [0.15, 0.2) is 0 Å². The van der Waals surface area contributed by atoms with Crippen molar-refractivity contribution in [3.8, 4) is 11.3 Å². The Hall–Kier alpha value is -2.20. The summed E-state index contributed by atoms with van der Waals surface area (Å²) < 4.78 is 0. The molecule has 1 aliphatic rings. The van der Waals surface area contributed by atoms with E-state index in [-0.39, 0.29) is 6.61 Å². The fourth-order valence-corrected chi connectivity index (χ4v) is 4.17. The van der Waals surface area contributed by atoms with Crippen molar-refractivity contribution in [1.82, 2.24) is 9.97 Å². The molecular formula is C25H35N3O. The fourth-order valence-electron chi connectivity index (χ4n) is 4.17. The van der Waals surface area contributed by atoms with Crippen LogP contribution in [0.1, 0.15) is 69.0 Å². The van der Waals surface area contributed by atoms with Crippen LogP contribution < -0.4 is 5.32 Å². The van der Waals surface area contributed by atoms with Crippen LogP contribution in [0, 0.1) is 18.8 Å². The lowest BCUT2D eigenvalue weighted by atomic mass is 9.88. The number of aryl methyl sites for hydroxylation is 2. The first-order valence-corrected chi connectivity index (χ1v) is 10.9. The SMILES string of the molecule is CNc1nc(C(C)C)ccc1-c1nc2c(cc1C)C([C@@H](C)CCO)=CC(C)CC2. The maximum Gasteiger partial charge on any atom is 0.135 e. The molecule has 2 heterocycles. The second kappa shape index (κ2) is 9.08. The van der Waals surface area contributed by atoms with E-state index in [0.717, 1.165) is 47.6 Å². The number of nitrogens with one attached hydrogen (secondary N) is 1. The molecule has 0 fully saturated rings. The van der Waals surface area contributed by atoms with Gasteiger partial charge in [-0.25, -0.2) is 4.98 Å². The minimum atomic E-state index is 0.214. The van der Waals surface area contributed by atoms with E-state index in [9.17, 15) is 5.11 Å². The molecule has 2 atom stereocenters. The van der Waals surface area contributed by atoms with Gasteiger partial charge in [0.1, 0.15) is 5.82 Å². The Bertz CT molecular complexity index is 901. The van der Waals surface area contributed by atoms with Crippen molar-refractivity contribution in [2.45, 2.75) is 59.8 Å². The average Bonchev–Trinajstić information content (AvgIpc) is 2.86. The molecule has 0 bridgehead atoms. The van der Waals surface area contributed by atoms with Crippen molar-refractivity contribution >= 4 is 11.4 Å². The Morgan fingerprint density at radius 2 is 1.93 bits per heavy atom. The summed E-state index contributed by atoms with van der Waals surface area (Å²) in [5.74, 6) is 2.12. The number of fused-ring (bicyclic) bond motifs is 1. The molecule has 4 nitrogen and oxygen atoms in total. The van der Waals surface area contributed by atoms with E-state index >= 15 is 0 Å². The van der Waals surface area contributed by atoms with Crippen LogP contribution in [-0.2, 0) is 6.42 Å². The molecule has 3 rings (SSSR count). The van der Waals surface area contributed by atoms with Crippen molar-refractivity contribution in [2.75, 3.05) is 19.0 Å². The summed E-state index contributed by atoms with van der Waals surface area (Å²) in [6.07, 6.45) is 5.25. The van der Waals surface area contributed by atoms with Crippen molar-refractivity contribution < 1.29 is 5.11 Å². The topological polar surface area (TPSA) is 58.0 Å². The third-order valence-electron chi connectivity index (χ3n) is 6.00. The van der Waals surface area contributed by atoms with Crippen LogP contribution in [0.4, 0.5) is 5.82 Å². The summed E-state index contributed by atoms with van der Waals surface area (Å²) in [4.78, 5) is 10.00. The standard InChI is InChI=1S/C25H35N3O/c1-15(2)22-10-8-19(25(26-6)28-22)24-18(5)14-21-20(17(4)11-12-29)13-16(3)7-9-23(21)27-24/h8,10,13-17,29H,7,9,11-12H2,1-6H3,(H,26,28)/t16?,17-/m0/s1. The van der Waals surface area contributed by atoms with E-state index in [2.05, 4.69) is 64.2 Å². The molecule has 2 aromatic rings. The molecule has 2 N–H and O–H groups in total. The maximum absolute atomic E-state index is 9.46. The van der Waals surface area contributed by atoms with Gasteiger partial charge in [0.25, 0.3) is 0 Å². The third-order valence-corrected chi connectivity index (χ3v) is 6.00. The maximum atomic E-state index is 9.46. The lowest BCUT2D eigenvalue weighted by molar-refractivity contribution is 0.275. The highest BCUT2D eigenvalue weighted by Crippen LogP contribution is 2.37. The molecule has 0 saturated heterocycles. The van der Waals surface area contributed by atoms with Gasteiger partial charge in [-0.1, -0.05) is 33.8 Å². The highest BCUT2D eigenvalue weighted by Gasteiger charge is 2.23. The predicted molar refractivity (Wildman–Crippen MR) is 122 cm³/mol. The average molecular weight is 394 g/mol. The third kappa shape index (κ3) is 4.53. The van der Waals surface area contributed by atoms with E-state index < -0.39 is 0 Å². The molecule has 1 unspecified atom stereocenters. The van der Waals surface area contributed by atoms with Gasteiger partial charge in [-0.2, -0.15) is 0 Å². The van der Waals surface area contributed by atoms with Gasteiger partial charge in [-0.05, 0) is 78.8 Å². The van der Waals surface area contributed by atoms with Gasteiger partial charge >= 0.3 is 0 Å².